The van der Waals surface area contributed by atoms with Crippen LogP contribution in [0.5, 0.6) is 5.75 Å². The monoisotopic (exact) mass is 290 g/mol. The molecular weight excluding hydrogens is 272 g/mol. The maximum atomic E-state index is 10.9. The molecule has 7 nitrogen and oxygen atoms in total. The van der Waals surface area contributed by atoms with Crippen molar-refractivity contribution in [1.29, 1.82) is 0 Å². The normalized spacial score (nSPS) is 10.6. The number of aromatic nitrogens is 2. The van der Waals surface area contributed by atoms with Gasteiger partial charge in [0.1, 0.15) is 18.2 Å². The van der Waals surface area contributed by atoms with Gasteiger partial charge in [-0.2, -0.15) is 0 Å². The molecule has 0 unspecified atom stereocenters. The summed E-state index contributed by atoms with van der Waals surface area (Å²) >= 11 is 0. The molecule has 0 saturated heterocycles. The van der Waals surface area contributed by atoms with E-state index < -0.39 is 4.92 Å². The minimum absolute atomic E-state index is 0.0623. The Hall–Kier alpha value is -2.41. The number of benzene rings is 1. The molecule has 1 N–H and O–H groups in total. The van der Waals surface area contributed by atoms with E-state index in [1.807, 2.05) is 24.7 Å². The fourth-order valence-electron chi connectivity index (χ4n) is 1.90. The molecule has 2 rings (SSSR count). The molecule has 0 aliphatic heterocycles. The van der Waals surface area contributed by atoms with Gasteiger partial charge in [-0.3, -0.25) is 10.1 Å². The minimum Gasteiger partial charge on any atom is -0.485 e. The van der Waals surface area contributed by atoms with Crippen molar-refractivity contribution in [2.45, 2.75) is 20.1 Å². The molecule has 0 amide bonds. The van der Waals surface area contributed by atoms with Crippen LogP contribution in [0, 0.1) is 10.1 Å². The lowest BCUT2D eigenvalue weighted by Crippen LogP contribution is -2.13. The number of hydrogen-bond acceptors (Lipinski definition) is 5. The summed E-state index contributed by atoms with van der Waals surface area (Å²) in [7, 11) is 1.89. The van der Waals surface area contributed by atoms with Crippen molar-refractivity contribution in [3.63, 3.8) is 0 Å². The van der Waals surface area contributed by atoms with Gasteiger partial charge in [0.15, 0.2) is 0 Å². The summed E-state index contributed by atoms with van der Waals surface area (Å²) in [5, 5.41) is 14.0. The van der Waals surface area contributed by atoms with Crippen LogP contribution in [0.3, 0.4) is 0 Å². The second-order valence-electron chi connectivity index (χ2n) is 4.57. The fraction of sp³-hybridized carbons (Fsp3) is 0.357. The van der Waals surface area contributed by atoms with Gasteiger partial charge in [0, 0.05) is 43.7 Å². The molecule has 0 radical (unpaired) electrons. The van der Waals surface area contributed by atoms with E-state index in [1.165, 1.54) is 12.1 Å². The summed E-state index contributed by atoms with van der Waals surface area (Å²) in [6.45, 7) is 3.60. The van der Waals surface area contributed by atoms with Crippen LogP contribution in [-0.4, -0.2) is 21.0 Å². The Kier molecular flexibility index (Phi) is 4.89. The first-order valence-corrected chi connectivity index (χ1v) is 6.69. The summed E-state index contributed by atoms with van der Waals surface area (Å²) in [5.41, 5.74) is 0.826. The summed E-state index contributed by atoms with van der Waals surface area (Å²) < 4.78 is 7.62. The Labute approximate surface area is 122 Å². The third-order valence-corrected chi connectivity index (χ3v) is 3.10. The molecule has 0 bridgehead atoms. The summed E-state index contributed by atoms with van der Waals surface area (Å²) in [5.74, 6) is 1.42. The molecule has 21 heavy (non-hydrogen) atoms. The largest absolute Gasteiger partial charge is 0.485 e. The highest BCUT2D eigenvalue weighted by molar-refractivity contribution is 5.43. The number of hydrogen-bond donors (Lipinski definition) is 1. The van der Waals surface area contributed by atoms with E-state index >= 15 is 0 Å². The smallest absolute Gasteiger partial charge is 0.270 e. The van der Waals surface area contributed by atoms with Crippen molar-refractivity contribution < 1.29 is 9.66 Å². The lowest BCUT2D eigenvalue weighted by Gasteiger charge is -2.11. The van der Waals surface area contributed by atoms with Gasteiger partial charge < -0.3 is 14.6 Å². The van der Waals surface area contributed by atoms with Crippen molar-refractivity contribution >= 4 is 5.69 Å². The standard InChI is InChI=1S/C14H18N4O3/c1-3-15-9-11-8-12(18(19)20)4-5-13(11)21-10-14-16-6-7-17(14)2/h4-8,15H,3,9-10H2,1-2H3. The first kappa shape index (κ1) is 15.0. The Morgan fingerprint density at radius 3 is 2.90 bits per heavy atom. The molecular formula is C14H18N4O3. The summed E-state index contributed by atoms with van der Waals surface area (Å²) in [6.07, 6.45) is 3.54. The van der Waals surface area contributed by atoms with E-state index in [4.69, 9.17) is 4.74 Å². The number of nitrogens with zero attached hydrogens (tertiary/aromatic N) is 3. The number of nitrogens with one attached hydrogen (secondary N) is 1. The highest BCUT2D eigenvalue weighted by atomic mass is 16.6. The Morgan fingerprint density at radius 1 is 1.48 bits per heavy atom. The van der Waals surface area contributed by atoms with Crippen LogP contribution in [0.1, 0.15) is 18.3 Å². The van der Waals surface area contributed by atoms with E-state index in [0.717, 1.165) is 17.9 Å². The number of non-ortho nitro benzene ring substituents is 1. The Morgan fingerprint density at radius 2 is 2.29 bits per heavy atom. The van der Waals surface area contributed by atoms with Crippen LogP contribution in [0.25, 0.3) is 0 Å². The van der Waals surface area contributed by atoms with Gasteiger partial charge in [0.25, 0.3) is 5.69 Å². The third-order valence-electron chi connectivity index (χ3n) is 3.10. The lowest BCUT2D eigenvalue weighted by molar-refractivity contribution is -0.384. The van der Waals surface area contributed by atoms with E-state index in [9.17, 15) is 10.1 Å². The van der Waals surface area contributed by atoms with Crippen molar-refractivity contribution in [1.82, 2.24) is 14.9 Å². The topological polar surface area (TPSA) is 82.2 Å². The van der Waals surface area contributed by atoms with Gasteiger partial charge in [0.2, 0.25) is 0 Å². The molecule has 2 aromatic rings. The number of nitro groups is 1. The molecule has 1 aromatic heterocycles. The molecule has 112 valence electrons. The number of aryl methyl sites for hydroxylation is 1. The zero-order valence-corrected chi connectivity index (χ0v) is 12.1. The molecule has 0 aliphatic rings. The highest BCUT2D eigenvalue weighted by Crippen LogP contribution is 2.24. The first-order chi connectivity index (χ1) is 10.1. The van der Waals surface area contributed by atoms with Crippen LogP contribution in [0.15, 0.2) is 30.6 Å². The van der Waals surface area contributed by atoms with E-state index in [0.29, 0.717) is 18.9 Å². The number of ether oxygens (including phenoxy) is 1. The van der Waals surface area contributed by atoms with E-state index in [2.05, 4.69) is 10.3 Å². The maximum Gasteiger partial charge on any atom is 0.270 e. The number of imidazole rings is 1. The Bertz CT molecular complexity index is 624. The molecule has 1 aromatic carbocycles. The summed E-state index contributed by atoms with van der Waals surface area (Å²) in [6, 6.07) is 4.62. The highest BCUT2D eigenvalue weighted by Gasteiger charge is 2.12. The van der Waals surface area contributed by atoms with Crippen molar-refractivity contribution in [2.24, 2.45) is 7.05 Å². The molecule has 1 heterocycles. The quantitative estimate of drug-likeness (QED) is 0.623. The minimum atomic E-state index is -0.405. The van der Waals surface area contributed by atoms with Crippen LogP contribution >= 0.6 is 0 Å². The van der Waals surface area contributed by atoms with E-state index in [-0.39, 0.29) is 5.69 Å². The predicted molar refractivity (Wildman–Crippen MR) is 78.0 cm³/mol. The van der Waals surface area contributed by atoms with E-state index in [1.54, 1.807) is 12.3 Å². The first-order valence-electron chi connectivity index (χ1n) is 6.69. The van der Waals surface area contributed by atoms with Crippen molar-refractivity contribution in [2.75, 3.05) is 6.54 Å². The second-order valence-corrected chi connectivity index (χ2v) is 4.57. The van der Waals surface area contributed by atoms with Crippen molar-refractivity contribution in [3.05, 3.63) is 52.1 Å². The van der Waals surface area contributed by atoms with Gasteiger partial charge in [-0.15, -0.1) is 0 Å². The zero-order chi connectivity index (χ0) is 15.2. The molecule has 0 saturated carbocycles. The van der Waals surface area contributed by atoms with Gasteiger partial charge >= 0.3 is 0 Å². The molecule has 7 heteroatoms. The fourth-order valence-corrected chi connectivity index (χ4v) is 1.90. The molecule has 0 spiro atoms. The second kappa shape index (κ2) is 6.85. The average molecular weight is 290 g/mol. The predicted octanol–water partition coefficient (Wildman–Crippen LogP) is 2.02. The summed E-state index contributed by atoms with van der Waals surface area (Å²) in [4.78, 5) is 14.6. The van der Waals surface area contributed by atoms with Crippen LogP contribution in [-0.2, 0) is 20.2 Å². The SMILES string of the molecule is CCNCc1cc([N+](=O)[O-])ccc1OCc1nccn1C. The van der Waals surface area contributed by atoms with Crippen LogP contribution in [0.2, 0.25) is 0 Å². The molecule has 0 fully saturated rings. The van der Waals surface area contributed by atoms with Crippen LogP contribution in [0.4, 0.5) is 5.69 Å². The average Bonchev–Trinajstić information content (AvgIpc) is 2.88. The van der Waals surface area contributed by atoms with Gasteiger partial charge in [-0.25, -0.2) is 4.98 Å². The molecule has 0 aliphatic carbocycles. The van der Waals surface area contributed by atoms with Gasteiger partial charge in [0.05, 0.1) is 4.92 Å². The maximum absolute atomic E-state index is 10.9. The number of nitro benzene ring substituents is 1. The van der Waals surface area contributed by atoms with Gasteiger partial charge in [-0.1, -0.05) is 6.92 Å². The Balaban J connectivity index is 2.16. The number of rotatable bonds is 7. The molecule has 0 atom stereocenters. The zero-order valence-electron chi connectivity index (χ0n) is 12.1. The van der Waals surface area contributed by atoms with Crippen LogP contribution < -0.4 is 10.1 Å². The van der Waals surface area contributed by atoms with Gasteiger partial charge in [-0.05, 0) is 12.6 Å². The van der Waals surface area contributed by atoms with Crippen molar-refractivity contribution in [3.8, 4) is 5.75 Å². The third kappa shape index (κ3) is 3.79. The lowest BCUT2D eigenvalue weighted by atomic mass is 10.1.